The second kappa shape index (κ2) is 14.5. The zero-order valence-electron chi connectivity index (χ0n) is 13.2. The fourth-order valence-corrected chi connectivity index (χ4v) is 2.24. The molecule has 0 bridgehead atoms. The topological polar surface area (TPSA) is 46.2 Å². The van der Waals surface area contributed by atoms with E-state index in [0.717, 1.165) is 12.8 Å². The lowest BCUT2D eigenvalue weighted by molar-refractivity contribution is -0.123. The molecule has 0 aliphatic carbocycles. The first-order valence-corrected chi connectivity index (χ1v) is 8.28. The van der Waals surface area contributed by atoms with Gasteiger partial charge in [0.25, 0.3) is 0 Å². The van der Waals surface area contributed by atoms with E-state index < -0.39 is 0 Å². The van der Waals surface area contributed by atoms with Crippen molar-refractivity contribution in [1.29, 1.82) is 0 Å². The zero-order chi connectivity index (χ0) is 15.1. The van der Waals surface area contributed by atoms with Gasteiger partial charge in [0.1, 0.15) is 0 Å². The molecular weight excluding hydrogens is 250 g/mol. The Balaban J connectivity index is 3.12. The summed E-state index contributed by atoms with van der Waals surface area (Å²) in [5.74, 6) is -0.268. The number of nitrogens with one attached hydrogen (secondary N) is 1. The molecule has 0 spiro atoms. The third kappa shape index (κ3) is 15.2. The predicted molar refractivity (Wildman–Crippen MR) is 84.5 cm³/mol. The van der Waals surface area contributed by atoms with Crippen LogP contribution < -0.4 is 5.32 Å². The summed E-state index contributed by atoms with van der Waals surface area (Å²) >= 11 is 0. The molecule has 1 amide bonds. The van der Waals surface area contributed by atoms with Gasteiger partial charge in [-0.05, 0) is 6.42 Å². The van der Waals surface area contributed by atoms with Crippen LogP contribution in [-0.4, -0.2) is 18.2 Å². The van der Waals surface area contributed by atoms with Gasteiger partial charge in [-0.3, -0.25) is 9.59 Å². The van der Waals surface area contributed by atoms with Crippen LogP contribution in [0.4, 0.5) is 0 Å². The van der Waals surface area contributed by atoms with Crippen LogP contribution in [-0.2, 0) is 9.59 Å². The molecule has 0 unspecified atom stereocenters. The van der Waals surface area contributed by atoms with E-state index in [1.807, 2.05) is 0 Å². The summed E-state index contributed by atoms with van der Waals surface area (Å²) < 4.78 is 0. The van der Waals surface area contributed by atoms with Crippen LogP contribution in [0.1, 0.15) is 84.0 Å². The van der Waals surface area contributed by atoms with E-state index in [4.69, 9.17) is 0 Å². The number of unbranched alkanes of at least 4 members (excludes halogenated alkanes) is 10. The van der Waals surface area contributed by atoms with Crippen LogP contribution in [0.15, 0.2) is 0 Å². The highest BCUT2D eigenvalue weighted by molar-refractivity contribution is 5.88. The summed E-state index contributed by atoms with van der Waals surface area (Å²) in [6.45, 7) is 5.53. The van der Waals surface area contributed by atoms with Gasteiger partial charge in [0.05, 0.1) is 6.54 Å². The van der Waals surface area contributed by atoms with E-state index in [1.165, 1.54) is 57.8 Å². The van der Waals surface area contributed by atoms with Crippen LogP contribution in [0.25, 0.3) is 0 Å². The van der Waals surface area contributed by atoms with Crippen molar-refractivity contribution in [1.82, 2.24) is 5.32 Å². The van der Waals surface area contributed by atoms with Crippen molar-refractivity contribution in [3.8, 4) is 0 Å². The minimum atomic E-state index is -0.239. The molecule has 3 nitrogen and oxygen atoms in total. The summed E-state index contributed by atoms with van der Waals surface area (Å²) in [5.41, 5.74) is 0. The Morgan fingerprint density at radius 3 is 1.70 bits per heavy atom. The summed E-state index contributed by atoms with van der Waals surface area (Å²) in [6.07, 6.45) is 14.6. The standard InChI is InChI=1S/C17H32NO2/c1-3-4-5-6-7-8-9-10-11-12-13-14-17(20)18-15-16(2)19/h2-15H2,1H3,(H,18,20). The quantitative estimate of drug-likeness (QED) is 0.485. The van der Waals surface area contributed by atoms with Crippen LogP contribution in [0.3, 0.4) is 0 Å². The molecule has 1 radical (unpaired) electrons. The first kappa shape index (κ1) is 19.1. The van der Waals surface area contributed by atoms with Crippen LogP contribution >= 0.6 is 0 Å². The third-order valence-electron chi connectivity index (χ3n) is 3.49. The Morgan fingerprint density at radius 2 is 1.25 bits per heavy atom. The molecular formula is C17H32NO2. The molecule has 117 valence electrons. The van der Waals surface area contributed by atoms with E-state index >= 15 is 0 Å². The lowest BCUT2D eigenvalue weighted by atomic mass is 10.1. The molecule has 0 rings (SSSR count). The van der Waals surface area contributed by atoms with Crippen LogP contribution in [0.5, 0.6) is 0 Å². The first-order valence-electron chi connectivity index (χ1n) is 8.28. The van der Waals surface area contributed by atoms with Crippen molar-refractivity contribution in [3.63, 3.8) is 0 Å². The van der Waals surface area contributed by atoms with Crippen LogP contribution in [0.2, 0.25) is 0 Å². The maximum Gasteiger partial charge on any atom is 0.220 e. The molecule has 0 saturated carbocycles. The maximum atomic E-state index is 11.3. The Kier molecular flexibility index (Phi) is 13.9. The first-order chi connectivity index (χ1) is 9.66. The molecule has 0 aliphatic heterocycles. The lowest BCUT2D eigenvalue weighted by Crippen LogP contribution is -2.27. The van der Waals surface area contributed by atoms with Gasteiger partial charge in [-0.15, -0.1) is 0 Å². The molecule has 0 atom stereocenters. The van der Waals surface area contributed by atoms with Crippen LogP contribution in [0, 0.1) is 6.92 Å². The number of hydrogen-bond donors (Lipinski definition) is 1. The fraction of sp³-hybridized carbons (Fsp3) is 0.824. The average molecular weight is 282 g/mol. The van der Waals surface area contributed by atoms with Gasteiger partial charge in [0, 0.05) is 13.3 Å². The third-order valence-corrected chi connectivity index (χ3v) is 3.49. The predicted octanol–water partition coefficient (Wildman–Crippen LogP) is 4.21. The molecule has 0 saturated heterocycles. The zero-order valence-corrected chi connectivity index (χ0v) is 13.2. The number of hydrogen-bond acceptors (Lipinski definition) is 2. The van der Waals surface area contributed by atoms with E-state index in [2.05, 4.69) is 19.2 Å². The van der Waals surface area contributed by atoms with E-state index in [-0.39, 0.29) is 18.2 Å². The molecule has 20 heavy (non-hydrogen) atoms. The van der Waals surface area contributed by atoms with Crippen molar-refractivity contribution < 1.29 is 9.59 Å². The second-order valence-corrected chi connectivity index (χ2v) is 5.60. The van der Waals surface area contributed by atoms with Gasteiger partial charge >= 0.3 is 0 Å². The largest absolute Gasteiger partial charge is 0.349 e. The molecule has 0 aromatic heterocycles. The van der Waals surface area contributed by atoms with Crippen molar-refractivity contribution in [2.45, 2.75) is 84.0 Å². The second-order valence-electron chi connectivity index (χ2n) is 5.60. The van der Waals surface area contributed by atoms with Gasteiger partial charge in [-0.1, -0.05) is 71.1 Å². The number of carbonyl (C=O) groups excluding carboxylic acids is 2. The Bertz CT molecular complexity index is 251. The highest BCUT2D eigenvalue weighted by Crippen LogP contribution is 2.11. The van der Waals surface area contributed by atoms with Crippen molar-refractivity contribution >= 4 is 11.7 Å². The van der Waals surface area contributed by atoms with Crippen molar-refractivity contribution in [2.24, 2.45) is 0 Å². The molecule has 0 aromatic rings. The normalized spacial score (nSPS) is 10.5. The highest BCUT2D eigenvalue weighted by atomic mass is 16.2. The monoisotopic (exact) mass is 282 g/mol. The van der Waals surface area contributed by atoms with Gasteiger partial charge in [0.15, 0.2) is 5.78 Å². The summed E-state index contributed by atoms with van der Waals surface area (Å²) in [6, 6.07) is 0. The molecule has 1 N–H and O–H groups in total. The summed E-state index contributed by atoms with van der Waals surface area (Å²) in [5, 5.41) is 2.57. The SMILES string of the molecule is [CH2]C(=O)CNC(=O)CCCCCCCCCCCCC. The number of carbonyl (C=O) groups is 2. The van der Waals surface area contributed by atoms with Gasteiger partial charge in [-0.25, -0.2) is 0 Å². The minimum absolute atomic E-state index is 0.0297. The van der Waals surface area contributed by atoms with E-state index in [1.54, 1.807) is 0 Å². The highest BCUT2D eigenvalue weighted by Gasteiger charge is 2.01. The van der Waals surface area contributed by atoms with Gasteiger partial charge in [-0.2, -0.15) is 0 Å². The number of rotatable bonds is 14. The van der Waals surface area contributed by atoms with Crippen molar-refractivity contribution in [2.75, 3.05) is 6.54 Å². The minimum Gasteiger partial charge on any atom is -0.349 e. The molecule has 0 aromatic carbocycles. The molecule has 0 aliphatic rings. The molecule has 0 fully saturated rings. The number of Topliss-reactive ketones (excluding diaryl/α,β-unsaturated/α-hetero) is 1. The smallest absolute Gasteiger partial charge is 0.220 e. The number of amides is 1. The Labute approximate surface area is 124 Å². The van der Waals surface area contributed by atoms with Gasteiger partial charge < -0.3 is 5.32 Å². The average Bonchev–Trinajstić information content (AvgIpc) is 2.42. The fourth-order valence-electron chi connectivity index (χ4n) is 2.24. The van der Waals surface area contributed by atoms with E-state index in [9.17, 15) is 9.59 Å². The lowest BCUT2D eigenvalue weighted by Gasteiger charge is -2.03. The Morgan fingerprint density at radius 1 is 0.800 bits per heavy atom. The maximum absolute atomic E-state index is 11.3. The molecule has 0 heterocycles. The van der Waals surface area contributed by atoms with Crippen molar-refractivity contribution in [3.05, 3.63) is 6.92 Å². The Hall–Kier alpha value is -0.860. The van der Waals surface area contributed by atoms with E-state index in [0.29, 0.717) is 6.42 Å². The number of ketones is 1. The summed E-state index contributed by atoms with van der Waals surface area (Å²) in [7, 11) is 0. The van der Waals surface area contributed by atoms with Gasteiger partial charge in [0.2, 0.25) is 5.91 Å². The summed E-state index contributed by atoms with van der Waals surface area (Å²) in [4.78, 5) is 21.9. The molecule has 3 heteroatoms.